The van der Waals surface area contributed by atoms with E-state index in [0.29, 0.717) is 13.0 Å². The third kappa shape index (κ3) is 5.00. The first-order valence-corrected chi connectivity index (χ1v) is 5.99. The van der Waals surface area contributed by atoms with Gasteiger partial charge in [0.2, 0.25) is 5.91 Å². The number of amides is 1. The molecular weight excluding hydrogens is 212 g/mol. The van der Waals surface area contributed by atoms with Gasteiger partial charge in [0.1, 0.15) is 0 Å². The molecule has 3 heteroatoms. The average molecular weight is 234 g/mol. The molecular formula is C14H22N2O. The highest BCUT2D eigenvalue weighted by atomic mass is 16.1. The molecule has 0 spiro atoms. The van der Waals surface area contributed by atoms with E-state index in [1.54, 1.807) is 0 Å². The molecule has 0 fully saturated rings. The maximum atomic E-state index is 11.8. The Bertz CT molecular complexity index is 368. The summed E-state index contributed by atoms with van der Waals surface area (Å²) in [6.07, 6.45) is 1.21. The summed E-state index contributed by atoms with van der Waals surface area (Å²) in [4.78, 5) is 11.8. The van der Waals surface area contributed by atoms with Crippen molar-refractivity contribution in [3.8, 4) is 0 Å². The topological polar surface area (TPSA) is 55.1 Å². The zero-order valence-electron chi connectivity index (χ0n) is 10.9. The van der Waals surface area contributed by atoms with E-state index in [2.05, 4.69) is 5.32 Å². The zero-order chi connectivity index (χ0) is 12.9. The maximum Gasteiger partial charge on any atom is 0.224 e. The second kappa shape index (κ2) is 5.82. The highest BCUT2D eigenvalue weighted by molar-refractivity contribution is 5.79. The Morgan fingerprint density at radius 1 is 1.29 bits per heavy atom. The van der Waals surface area contributed by atoms with Gasteiger partial charge in [-0.25, -0.2) is 0 Å². The van der Waals surface area contributed by atoms with Crippen LogP contribution in [0.5, 0.6) is 0 Å². The number of carbonyl (C=O) groups excluding carboxylic acids is 1. The molecule has 3 N–H and O–H groups in total. The van der Waals surface area contributed by atoms with Crippen LogP contribution in [0.2, 0.25) is 0 Å². The molecule has 0 aliphatic carbocycles. The van der Waals surface area contributed by atoms with Gasteiger partial charge in [0.05, 0.1) is 6.42 Å². The monoisotopic (exact) mass is 234 g/mol. The molecule has 17 heavy (non-hydrogen) atoms. The van der Waals surface area contributed by atoms with Crippen LogP contribution in [0.4, 0.5) is 0 Å². The van der Waals surface area contributed by atoms with Crippen molar-refractivity contribution >= 4 is 5.91 Å². The van der Waals surface area contributed by atoms with E-state index in [1.807, 2.05) is 45.0 Å². The highest BCUT2D eigenvalue weighted by Gasteiger charge is 2.19. The number of nitrogens with one attached hydrogen (secondary N) is 1. The number of hydrogen-bond acceptors (Lipinski definition) is 2. The van der Waals surface area contributed by atoms with Crippen molar-refractivity contribution in [2.75, 3.05) is 6.54 Å². The molecule has 0 saturated carbocycles. The van der Waals surface area contributed by atoms with E-state index in [0.717, 1.165) is 12.0 Å². The molecule has 0 saturated heterocycles. The predicted octanol–water partition coefficient (Wildman–Crippen LogP) is 1.78. The highest BCUT2D eigenvalue weighted by Crippen LogP contribution is 2.08. The molecule has 0 aliphatic rings. The van der Waals surface area contributed by atoms with Crippen molar-refractivity contribution in [3.05, 3.63) is 35.4 Å². The number of hydrogen-bond donors (Lipinski definition) is 2. The van der Waals surface area contributed by atoms with Gasteiger partial charge < -0.3 is 11.1 Å². The smallest absolute Gasteiger partial charge is 0.224 e. The van der Waals surface area contributed by atoms with Gasteiger partial charge in [0.25, 0.3) is 0 Å². The van der Waals surface area contributed by atoms with Gasteiger partial charge in [-0.3, -0.25) is 4.79 Å². The summed E-state index contributed by atoms with van der Waals surface area (Å²) in [5.74, 6) is 0.0484. The first kappa shape index (κ1) is 13.7. The van der Waals surface area contributed by atoms with Crippen LogP contribution in [0, 0.1) is 6.92 Å². The summed E-state index contributed by atoms with van der Waals surface area (Å²) >= 11 is 0. The van der Waals surface area contributed by atoms with E-state index in [1.165, 1.54) is 5.56 Å². The number of rotatable bonds is 5. The second-order valence-corrected chi connectivity index (χ2v) is 5.13. The van der Waals surface area contributed by atoms with Gasteiger partial charge >= 0.3 is 0 Å². The Labute approximate surface area is 103 Å². The van der Waals surface area contributed by atoms with Crippen molar-refractivity contribution in [1.29, 1.82) is 0 Å². The predicted molar refractivity (Wildman–Crippen MR) is 70.8 cm³/mol. The lowest BCUT2D eigenvalue weighted by atomic mass is 10.00. The second-order valence-electron chi connectivity index (χ2n) is 5.13. The van der Waals surface area contributed by atoms with Crippen molar-refractivity contribution in [2.45, 2.75) is 39.2 Å². The lowest BCUT2D eigenvalue weighted by Crippen LogP contribution is -2.45. The van der Waals surface area contributed by atoms with E-state index in [4.69, 9.17) is 5.73 Å². The lowest BCUT2D eigenvalue weighted by molar-refractivity contribution is -0.122. The Hall–Kier alpha value is -1.35. The van der Waals surface area contributed by atoms with E-state index >= 15 is 0 Å². The van der Waals surface area contributed by atoms with Gasteiger partial charge in [-0.2, -0.15) is 0 Å². The van der Waals surface area contributed by atoms with Crippen LogP contribution < -0.4 is 11.1 Å². The molecule has 0 radical (unpaired) electrons. The fraction of sp³-hybridized carbons (Fsp3) is 0.500. The Morgan fingerprint density at radius 2 is 1.88 bits per heavy atom. The van der Waals surface area contributed by atoms with Crippen LogP contribution in [0.25, 0.3) is 0 Å². The standard InChI is InChI=1S/C14H22N2O/c1-11-4-6-12(7-5-11)10-13(17)16-14(2,3)8-9-15/h4-7H,8-10,15H2,1-3H3,(H,16,17). The molecule has 1 rings (SSSR count). The maximum absolute atomic E-state index is 11.8. The number of carbonyl (C=O) groups is 1. The first-order chi connectivity index (χ1) is 7.93. The van der Waals surface area contributed by atoms with Crippen LogP contribution >= 0.6 is 0 Å². The van der Waals surface area contributed by atoms with Crippen LogP contribution in [0.15, 0.2) is 24.3 Å². The molecule has 1 aromatic rings. The molecule has 3 nitrogen and oxygen atoms in total. The van der Waals surface area contributed by atoms with Gasteiger partial charge in [-0.1, -0.05) is 29.8 Å². The van der Waals surface area contributed by atoms with E-state index in [-0.39, 0.29) is 11.4 Å². The molecule has 94 valence electrons. The zero-order valence-corrected chi connectivity index (χ0v) is 10.9. The average Bonchev–Trinajstić information content (AvgIpc) is 2.20. The minimum Gasteiger partial charge on any atom is -0.351 e. The number of nitrogens with two attached hydrogens (primary N) is 1. The summed E-state index contributed by atoms with van der Waals surface area (Å²) in [7, 11) is 0. The lowest BCUT2D eigenvalue weighted by Gasteiger charge is -2.25. The van der Waals surface area contributed by atoms with Gasteiger partial charge in [-0.05, 0) is 39.3 Å². The van der Waals surface area contributed by atoms with Gasteiger partial charge in [0, 0.05) is 5.54 Å². The van der Waals surface area contributed by atoms with Crippen LogP contribution in [0.1, 0.15) is 31.4 Å². The van der Waals surface area contributed by atoms with Gasteiger partial charge in [-0.15, -0.1) is 0 Å². The largest absolute Gasteiger partial charge is 0.351 e. The summed E-state index contributed by atoms with van der Waals surface area (Å²) in [6, 6.07) is 8.02. The molecule has 0 unspecified atom stereocenters. The summed E-state index contributed by atoms with van der Waals surface area (Å²) in [6.45, 7) is 6.60. The SMILES string of the molecule is Cc1ccc(CC(=O)NC(C)(C)CCN)cc1. The molecule has 1 amide bonds. The Morgan fingerprint density at radius 3 is 2.41 bits per heavy atom. The van der Waals surface area contributed by atoms with E-state index in [9.17, 15) is 4.79 Å². The van der Waals surface area contributed by atoms with Crippen molar-refractivity contribution in [1.82, 2.24) is 5.32 Å². The minimum atomic E-state index is -0.226. The van der Waals surface area contributed by atoms with Gasteiger partial charge in [0.15, 0.2) is 0 Å². The molecule has 1 aromatic carbocycles. The van der Waals surface area contributed by atoms with Crippen LogP contribution in [0.3, 0.4) is 0 Å². The molecule has 0 atom stereocenters. The van der Waals surface area contributed by atoms with Crippen molar-refractivity contribution < 1.29 is 4.79 Å². The third-order valence-corrected chi connectivity index (χ3v) is 2.73. The molecule has 0 heterocycles. The summed E-state index contributed by atoms with van der Waals surface area (Å²) in [5, 5.41) is 3.00. The minimum absolute atomic E-state index is 0.0484. The summed E-state index contributed by atoms with van der Waals surface area (Å²) < 4.78 is 0. The summed E-state index contributed by atoms with van der Waals surface area (Å²) in [5.41, 5.74) is 7.53. The van der Waals surface area contributed by atoms with Crippen molar-refractivity contribution in [3.63, 3.8) is 0 Å². The third-order valence-electron chi connectivity index (χ3n) is 2.73. The fourth-order valence-electron chi connectivity index (χ4n) is 1.74. The Kier molecular flexibility index (Phi) is 4.70. The molecule has 0 aliphatic heterocycles. The quantitative estimate of drug-likeness (QED) is 0.816. The van der Waals surface area contributed by atoms with Crippen LogP contribution in [-0.2, 0) is 11.2 Å². The van der Waals surface area contributed by atoms with E-state index < -0.39 is 0 Å². The van der Waals surface area contributed by atoms with Crippen molar-refractivity contribution in [2.24, 2.45) is 5.73 Å². The first-order valence-electron chi connectivity index (χ1n) is 5.99. The number of benzene rings is 1. The molecule has 0 aromatic heterocycles. The Balaban J connectivity index is 2.52. The number of aryl methyl sites for hydroxylation is 1. The van der Waals surface area contributed by atoms with Crippen LogP contribution in [-0.4, -0.2) is 18.0 Å². The fourth-order valence-corrected chi connectivity index (χ4v) is 1.74. The normalized spacial score (nSPS) is 11.3. The molecule has 0 bridgehead atoms.